The van der Waals surface area contributed by atoms with E-state index >= 15 is 0 Å². The van der Waals surface area contributed by atoms with Gasteiger partial charge in [0.15, 0.2) is 0 Å². The molecule has 0 saturated heterocycles. The van der Waals surface area contributed by atoms with E-state index in [-0.39, 0.29) is 12.0 Å². The number of hydrogen-bond donors (Lipinski definition) is 1. The summed E-state index contributed by atoms with van der Waals surface area (Å²) in [5.74, 6) is 1.96. The summed E-state index contributed by atoms with van der Waals surface area (Å²) in [6.45, 7) is 0. The van der Waals surface area contributed by atoms with Gasteiger partial charge >= 0.3 is 0 Å². The number of carbonyl (C=O) groups is 1. The Morgan fingerprint density at radius 3 is 2.83 bits per heavy atom. The van der Waals surface area contributed by atoms with Crippen LogP contribution in [0.3, 0.4) is 0 Å². The third-order valence-electron chi connectivity index (χ3n) is 4.09. The molecule has 0 heterocycles. The van der Waals surface area contributed by atoms with E-state index in [0.29, 0.717) is 17.6 Å². The largest absolute Gasteiger partial charge is 0.392 e. The highest BCUT2D eigenvalue weighted by molar-refractivity contribution is 5.86. The van der Waals surface area contributed by atoms with Gasteiger partial charge in [-0.05, 0) is 37.5 Å². The molecule has 0 amide bonds. The van der Waals surface area contributed by atoms with E-state index in [1.165, 1.54) is 6.42 Å². The molecular weight excluding hydrogens is 152 g/mol. The molecule has 4 fully saturated rings. The van der Waals surface area contributed by atoms with Crippen molar-refractivity contribution in [2.24, 2.45) is 23.7 Å². The summed E-state index contributed by atoms with van der Waals surface area (Å²) in [5.41, 5.74) is 0. The SMILES string of the molecule is O=C1[C@@H]2C[C@@H]3C[C@H](C2)[C@H](O)[C@H]1C3. The predicted octanol–water partition coefficient (Wildman–Crippen LogP) is 0.982. The minimum absolute atomic E-state index is 0.0289. The molecule has 0 aromatic heterocycles. The molecule has 2 heteroatoms. The van der Waals surface area contributed by atoms with Gasteiger partial charge in [-0.25, -0.2) is 0 Å². The van der Waals surface area contributed by atoms with E-state index in [0.717, 1.165) is 25.2 Å². The van der Waals surface area contributed by atoms with E-state index in [2.05, 4.69) is 0 Å². The lowest BCUT2D eigenvalue weighted by Gasteiger charge is -2.51. The van der Waals surface area contributed by atoms with Crippen LogP contribution < -0.4 is 0 Å². The normalized spacial score (nSPS) is 56.4. The lowest BCUT2D eigenvalue weighted by molar-refractivity contribution is -0.154. The molecule has 66 valence electrons. The van der Waals surface area contributed by atoms with Gasteiger partial charge in [0.05, 0.1) is 6.10 Å². The lowest BCUT2D eigenvalue weighted by atomic mass is 9.54. The van der Waals surface area contributed by atoms with Crippen molar-refractivity contribution in [3.8, 4) is 0 Å². The summed E-state index contributed by atoms with van der Waals surface area (Å²) in [7, 11) is 0. The maximum Gasteiger partial charge on any atom is 0.141 e. The molecule has 5 atom stereocenters. The van der Waals surface area contributed by atoms with Gasteiger partial charge in [0, 0.05) is 11.8 Å². The molecule has 0 radical (unpaired) electrons. The zero-order valence-electron chi connectivity index (χ0n) is 7.07. The molecule has 4 saturated carbocycles. The summed E-state index contributed by atoms with van der Waals surface area (Å²) in [6, 6.07) is 0. The van der Waals surface area contributed by atoms with Gasteiger partial charge in [-0.15, -0.1) is 0 Å². The van der Waals surface area contributed by atoms with Crippen molar-refractivity contribution < 1.29 is 9.90 Å². The van der Waals surface area contributed by atoms with Crippen LogP contribution in [0.15, 0.2) is 0 Å². The zero-order valence-corrected chi connectivity index (χ0v) is 7.07. The first kappa shape index (κ1) is 7.07. The molecule has 4 aliphatic rings. The van der Waals surface area contributed by atoms with E-state index in [1.807, 2.05) is 0 Å². The number of ketones is 1. The first-order chi connectivity index (χ1) is 5.75. The number of aliphatic hydroxyl groups excluding tert-OH is 1. The van der Waals surface area contributed by atoms with Gasteiger partial charge in [-0.3, -0.25) is 4.79 Å². The lowest BCUT2D eigenvalue weighted by Crippen LogP contribution is -2.53. The average Bonchev–Trinajstić information content (AvgIpc) is 2.07. The average molecular weight is 166 g/mol. The maximum absolute atomic E-state index is 11.6. The summed E-state index contributed by atoms with van der Waals surface area (Å²) in [4.78, 5) is 11.6. The zero-order chi connectivity index (χ0) is 8.29. The third-order valence-corrected chi connectivity index (χ3v) is 4.09. The van der Waals surface area contributed by atoms with Crippen molar-refractivity contribution in [3.63, 3.8) is 0 Å². The highest BCUT2D eigenvalue weighted by Crippen LogP contribution is 2.51. The molecular formula is C10H14O2. The molecule has 12 heavy (non-hydrogen) atoms. The monoisotopic (exact) mass is 166 g/mol. The Balaban J connectivity index is 1.98. The number of Topliss-reactive ketones (excluding diaryl/α,β-unsaturated/α-hetero) is 1. The summed E-state index contributed by atoms with van der Waals surface area (Å²) >= 11 is 0. The van der Waals surface area contributed by atoms with Crippen LogP contribution in [0, 0.1) is 23.7 Å². The Hall–Kier alpha value is -0.370. The first-order valence-electron chi connectivity index (χ1n) is 4.97. The van der Waals surface area contributed by atoms with E-state index < -0.39 is 0 Å². The van der Waals surface area contributed by atoms with Crippen LogP contribution in [0.4, 0.5) is 0 Å². The molecule has 4 aliphatic carbocycles. The quantitative estimate of drug-likeness (QED) is 0.582. The fourth-order valence-electron chi connectivity index (χ4n) is 3.60. The van der Waals surface area contributed by atoms with Crippen molar-refractivity contribution in [2.45, 2.75) is 31.8 Å². The van der Waals surface area contributed by atoms with Crippen LogP contribution in [-0.2, 0) is 4.79 Å². The van der Waals surface area contributed by atoms with E-state index in [1.54, 1.807) is 0 Å². The van der Waals surface area contributed by atoms with Crippen LogP contribution in [0.1, 0.15) is 25.7 Å². The minimum atomic E-state index is -0.287. The van der Waals surface area contributed by atoms with E-state index in [9.17, 15) is 9.90 Å². The molecule has 0 aromatic carbocycles. The molecule has 4 bridgehead atoms. The molecule has 0 aliphatic heterocycles. The van der Waals surface area contributed by atoms with Gasteiger partial charge in [-0.2, -0.15) is 0 Å². The molecule has 0 spiro atoms. The second-order valence-electron chi connectivity index (χ2n) is 4.77. The van der Waals surface area contributed by atoms with Gasteiger partial charge in [0.2, 0.25) is 0 Å². The second-order valence-corrected chi connectivity index (χ2v) is 4.77. The Labute approximate surface area is 72.0 Å². The van der Waals surface area contributed by atoms with Crippen molar-refractivity contribution in [1.29, 1.82) is 0 Å². The van der Waals surface area contributed by atoms with Crippen LogP contribution in [-0.4, -0.2) is 17.0 Å². The van der Waals surface area contributed by atoms with Crippen LogP contribution in [0.5, 0.6) is 0 Å². The fourth-order valence-corrected chi connectivity index (χ4v) is 3.60. The predicted molar refractivity (Wildman–Crippen MR) is 43.4 cm³/mol. The summed E-state index contributed by atoms with van der Waals surface area (Å²) in [6.07, 6.45) is 3.98. The Morgan fingerprint density at radius 2 is 2.00 bits per heavy atom. The van der Waals surface area contributed by atoms with Crippen molar-refractivity contribution in [2.75, 3.05) is 0 Å². The number of rotatable bonds is 0. The third kappa shape index (κ3) is 0.717. The van der Waals surface area contributed by atoms with Gasteiger partial charge in [0.25, 0.3) is 0 Å². The Morgan fingerprint density at radius 1 is 1.17 bits per heavy atom. The smallest absolute Gasteiger partial charge is 0.141 e. The van der Waals surface area contributed by atoms with Crippen LogP contribution >= 0.6 is 0 Å². The van der Waals surface area contributed by atoms with Gasteiger partial charge < -0.3 is 5.11 Å². The van der Waals surface area contributed by atoms with Gasteiger partial charge in [-0.1, -0.05) is 0 Å². The van der Waals surface area contributed by atoms with Crippen LogP contribution in [0.2, 0.25) is 0 Å². The van der Waals surface area contributed by atoms with Crippen molar-refractivity contribution in [1.82, 2.24) is 0 Å². The highest BCUT2D eigenvalue weighted by atomic mass is 16.3. The molecule has 0 unspecified atom stereocenters. The standard InChI is InChI=1S/C10H14O2/c11-9-6-1-5-2-7(4-6)10(12)8(9)3-5/h5-9,11H,1-4H2/t5-,6+,7+,8+,9-/m0/s1. The summed E-state index contributed by atoms with van der Waals surface area (Å²) in [5, 5.41) is 9.78. The highest BCUT2D eigenvalue weighted by Gasteiger charge is 2.52. The number of carbonyl (C=O) groups excluding carboxylic acids is 1. The number of aliphatic hydroxyl groups is 1. The van der Waals surface area contributed by atoms with Crippen molar-refractivity contribution >= 4 is 5.78 Å². The maximum atomic E-state index is 11.6. The fraction of sp³-hybridized carbons (Fsp3) is 0.900. The first-order valence-corrected chi connectivity index (χ1v) is 4.97. The molecule has 2 nitrogen and oxygen atoms in total. The van der Waals surface area contributed by atoms with Crippen molar-refractivity contribution in [3.05, 3.63) is 0 Å². The Bertz CT molecular complexity index is 236. The molecule has 1 N–H and O–H groups in total. The molecule has 0 aromatic rings. The van der Waals surface area contributed by atoms with E-state index in [4.69, 9.17) is 0 Å². The second kappa shape index (κ2) is 2.11. The van der Waals surface area contributed by atoms with Crippen LogP contribution in [0.25, 0.3) is 0 Å². The number of hydrogen-bond acceptors (Lipinski definition) is 2. The Kier molecular flexibility index (Phi) is 1.24. The summed E-state index contributed by atoms with van der Waals surface area (Å²) < 4.78 is 0. The topological polar surface area (TPSA) is 37.3 Å². The minimum Gasteiger partial charge on any atom is -0.392 e. The van der Waals surface area contributed by atoms with Gasteiger partial charge in [0.1, 0.15) is 5.78 Å². The molecule has 4 rings (SSSR count).